The zero-order valence-electron chi connectivity index (χ0n) is 11.6. The predicted molar refractivity (Wildman–Crippen MR) is 75.0 cm³/mol. The molecule has 2 N–H and O–H groups in total. The van der Waals surface area contributed by atoms with Gasteiger partial charge >= 0.3 is 5.97 Å². The summed E-state index contributed by atoms with van der Waals surface area (Å²) in [6.07, 6.45) is 3.00. The van der Waals surface area contributed by atoms with Gasteiger partial charge in [0, 0.05) is 19.3 Å². The van der Waals surface area contributed by atoms with Crippen molar-refractivity contribution in [3.8, 4) is 0 Å². The molecule has 1 saturated heterocycles. The molecule has 110 valence electrons. The lowest BCUT2D eigenvalue weighted by Crippen LogP contribution is -2.37. The highest BCUT2D eigenvalue weighted by Crippen LogP contribution is 2.14. The summed E-state index contributed by atoms with van der Waals surface area (Å²) >= 11 is 0. The number of nitrogens with zero attached hydrogens (tertiary/aromatic N) is 3. The van der Waals surface area contributed by atoms with Crippen LogP contribution in [0.4, 0.5) is 11.8 Å². The minimum absolute atomic E-state index is 0.544. The lowest BCUT2D eigenvalue weighted by atomic mass is 10.2. The van der Waals surface area contributed by atoms with E-state index in [2.05, 4.69) is 15.3 Å². The van der Waals surface area contributed by atoms with Gasteiger partial charge in [-0.25, -0.2) is 9.78 Å². The smallest absolute Gasteiger partial charge is 0.326 e. The molecule has 0 aromatic carbocycles. The van der Waals surface area contributed by atoms with Gasteiger partial charge in [-0.1, -0.05) is 13.3 Å². The number of carboxylic acids is 1. The maximum atomic E-state index is 11.1. The summed E-state index contributed by atoms with van der Waals surface area (Å²) in [5.74, 6) is 0.291. The number of anilines is 2. The summed E-state index contributed by atoms with van der Waals surface area (Å²) in [5, 5.41) is 12.1. The van der Waals surface area contributed by atoms with E-state index in [0.29, 0.717) is 31.4 Å². The van der Waals surface area contributed by atoms with Crippen LogP contribution in [0.1, 0.15) is 19.8 Å². The summed E-state index contributed by atoms with van der Waals surface area (Å²) in [5.41, 5.74) is 0. The number of hydrogen-bond donors (Lipinski definition) is 2. The topological polar surface area (TPSA) is 87.6 Å². The normalized spacial score (nSPS) is 16.8. The molecule has 1 aliphatic rings. The Balaban J connectivity index is 2.06. The van der Waals surface area contributed by atoms with Crippen LogP contribution in [0.2, 0.25) is 0 Å². The van der Waals surface area contributed by atoms with E-state index in [9.17, 15) is 4.79 Å². The van der Waals surface area contributed by atoms with Gasteiger partial charge in [0.1, 0.15) is 11.9 Å². The fraction of sp³-hybridized carbons (Fsp3) is 0.615. The third kappa shape index (κ3) is 3.80. The first-order valence-electron chi connectivity index (χ1n) is 6.85. The minimum atomic E-state index is -0.863. The second kappa shape index (κ2) is 7.04. The number of nitrogens with one attached hydrogen (secondary N) is 1. The molecular weight excluding hydrogens is 260 g/mol. The Labute approximate surface area is 118 Å². The predicted octanol–water partition coefficient (Wildman–Crippen LogP) is 0.978. The Morgan fingerprint density at radius 3 is 2.95 bits per heavy atom. The van der Waals surface area contributed by atoms with Crippen LogP contribution in [-0.4, -0.2) is 53.4 Å². The zero-order chi connectivity index (χ0) is 14.4. The molecule has 0 radical (unpaired) electrons. The first-order chi connectivity index (χ1) is 9.70. The highest BCUT2D eigenvalue weighted by molar-refractivity contribution is 5.76. The fourth-order valence-corrected chi connectivity index (χ4v) is 2.07. The van der Waals surface area contributed by atoms with Gasteiger partial charge in [0.15, 0.2) is 0 Å². The Hall–Kier alpha value is -1.89. The van der Waals surface area contributed by atoms with Gasteiger partial charge in [0.2, 0.25) is 5.95 Å². The van der Waals surface area contributed by atoms with E-state index in [1.54, 1.807) is 12.3 Å². The van der Waals surface area contributed by atoms with Crippen LogP contribution in [-0.2, 0) is 9.53 Å². The third-order valence-electron chi connectivity index (χ3n) is 3.13. The number of aromatic nitrogens is 2. The van der Waals surface area contributed by atoms with E-state index in [-0.39, 0.29) is 0 Å². The molecule has 20 heavy (non-hydrogen) atoms. The fourth-order valence-electron chi connectivity index (χ4n) is 2.07. The average molecular weight is 280 g/mol. The highest BCUT2D eigenvalue weighted by atomic mass is 16.5. The maximum Gasteiger partial charge on any atom is 0.326 e. The lowest BCUT2D eigenvalue weighted by molar-refractivity contribution is -0.138. The number of ether oxygens (including phenoxy) is 1. The van der Waals surface area contributed by atoms with E-state index in [1.807, 2.05) is 11.8 Å². The van der Waals surface area contributed by atoms with Gasteiger partial charge in [-0.05, 0) is 12.5 Å². The Kier molecular flexibility index (Phi) is 5.11. The molecule has 1 aliphatic heterocycles. The van der Waals surface area contributed by atoms with Gasteiger partial charge in [0.25, 0.3) is 0 Å². The van der Waals surface area contributed by atoms with Crippen molar-refractivity contribution in [1.82, 2.24) is 9.97 Å². The van der Waals surface area contributed by atoms with E-state index in [1.165, 1.54) is 0 Å². The second-order valence-corrected chi connectivity index (χ2v) is 4.67. The number of hydrogen-bond acceptors (Lipinski definition) is 6. The van der Waals surface area contributed by atoms with Crippen molar-refractivity contribution in [2.24, 2.45) is 0 Å². The van der Waals surface area contributed by atoms with Gasteiger partial charge < -0.3 is 20.1 Å². The third-order valence-corrected chi connectivity index (χ3v) is 3.13. The Morgan fingerprint density at radius 1 is 1.55 bits per heavy atom. The SMILES string of the molecule is CCCC(Nc1ccnc(N2CCOCC2)n1)C(=O)O. The summed E-state index contributed by atoms with van der Waals surface area (Å²) < 4.78 is 5.29. The molecule has 0 saturated carbocycles. The molecule has 7 nitrogen and oxygen atoms in total. The Bertz CT molecular complexity index is 449. The van der Waals surface area contributed by atoms with Crippen LogP contribution in [0.5, 0.6) is 0 Å². The molecule has 1 aromatic heterocycles. The van der Waals surface area contributed by atoms with Crippen molar-refractivity contribution in [1.29, 1.82) is 0 Å². The quantitative estimate of drug-likeness (QED) is 0.803. The summed E-state index contributed by atoms with van der Waals surface area (Å²) in [4.78, 5) is 21.8. The molecule has 2 rings (SSSR count). The van der Waals surface area contributed by atoms with Gasteiger partial charge in [-0.3, -0.25) is 0 Å². The van der Waals surface area contributed by atoms with Gasteiger partial charge in [-0.2, -0.15) is 4.98 Å². The molecule has 0 aliphatic carbocycles. The second-order valence-electron chi connectivity index (χ2n) is 4.67. The van der Waals surface area contributed by atoms with Crippen LogP contribution >= 0.6 is 0 Å². The summed E-state index contributed by atoms with van der Waals surface area (Å²) in [7, 11) is 0. The number of carbonyl (C=O) groups is 1. The van der Waals surface area contributed by atoms with Crippen molar-refractivity contribution in [3.63, 3.8) is 0 Å². The largest absolute Gasteiger partial charge is 0.480 e. The van der Waals surface area contributed by atoms with Crippen molar-refractivity contribution < 1.29 is 14.6 Å². The number of morpholine rings is 1. The van der Waals surface area contributed by atoms with E-state index in [0.717, 1.165) is 19.5 Å². The monoisotopic (exact) mass is 280 g/mol. The molecule has 0 spiro atoms. The van der Waals surface area contributed by atoms with Crippen molar-refractivity contribution in [2.45, 2.75) is 25.8 Å². The molecule has 1 unspecified atom stereocenters. The van der Waals surface area contributed by atoms with E-state index in [4.69, 9.17) is 9.84 Å². The average Bonchev–Trinajstić information content (AvgIpc) is 2.48. The van der Waals surface area contributed by atoms with Crippen LogP contribution in [0.15, 0.2) is 12.3 Å². The molecule has 0 bridgehead atoms. The molecule has 1 fully saturated rings. The molecule has 2 heterocycles. The first kappa shape index (κ1) is 14.5. The molecule has 1 atom stereocenters. The minimum Gasteiger partial charge on any atom is -0.480 e. The van der Waals surface area contributed by atoms with Crippen LogP contribution < -0.4 is 10.2 Å². The van der Waals surface area contributed by atoms with Crippen LogP contribution in [0.3, 0.4) is 0 Å². The van der Waals surface area contributed by atoms with Crippen molar-refractivity contribution in [2.75, 3.05) is 36.5 Å². The van der Waals surface area contributed by atoms with Crippen LogP contribution in [0, 0.1) is 0 Å². The van der Waals surface area contributed by atoms with Gasteiger partial charge in [-0.15, -0.1) is 0 Å². The van der Waals surface area contributed by atoms with Crippen molar-refractivity contribution in [3.05, 3.63) is 12.3 Å². The summed E-state index contributed by atoms with van der Waals surface area (Å²) in [6, 6.07) is 1.07. The van der Waals surface area contributed by atoms with E-state index >= 15 is 0 Å². The summed E-state index contributed by atoms with van der Waals surface area (Å²) in [6.45, 7) is 4.78. The maximum absolute atomic E-state index is 11.1. The van der Waals surface area contributed by atoms with E-state index < -0.39 is 12.0 Å². The zero-order valence-corrected chi connectivity index (χ0v) is 11.6. The Morgan fingerprint density at radius 2 is 2.30 bits per heavy atom. The number of carboxylic acid groups (broad SMARTS) is 1. The van der Waals surface area contributed by atoms with Gasteiger partial charge in [0.05, 0.1) is 13.2 Å². The molecular formula is C13H20N4O3. The lowest BCUT2D eigenvalue weighted by Gasteiger charge is -2.27. The number of rotatable bonds is 6. The van der Waals surface area contributed by atoms with Crippen molar-refractivity contribution >= 4 is 17.7 Å². The van der Waals surface area contributed by atoms with Crippen LogP contribution in [0.25, 0.3) is 0 Å². The molecule has 7 heteroatoms. The highest BCUT2D eigenvalue weighted by Gasteiger charge is 2.18. The number of aliphatic carboxylic acids is 1. The molecule has 0 amide bonds. The standard InChI is InChI=1S/C13H20N4O3/c1-2-3-10(12(18)19)15-11-4-5-14-13(16-11)17-6-8-20-9-7-17/h4-5,10H,2-3,6-9H2,1H3,(H,18,19)(H,14,15,16). The molecule has 1 aromatic rings. The first-order valence-corrected chi connectivity index (χ1v) is 6.85.